The molecule has 5 rings (SSSR count). The van der Waals surface area contributed by atoms with Gasteiger partial charge in [-0.3, -0.25) is 0 Å². The summed E-state index contributed by atoms with van der Waals surface area (Å²) in [5.74, 6) is 1.06. The molecule has 2 aromatic heterocycles. The number of aliphatic hydroxyl groups excluding tert-OH is 1. The van der Waals surface area contributed by atoms with Gasteiger partial charge in [-0.25, -0.2) is 9.97 Å². The standard InChI is InChI=1S/C20H19F3N4O2/c21-20(22,23)16-8-13-18(26-16)24-10-25-19(13)27(11-4-3-5-11)17-12-6-1-2-7-15(12)29-9-14(17)28/h1-2,6-8,10-11,14,17,28H,3-5,9H2,(H,24,25,26). The number of aromatic nitrogens is 3. The molecule has 0 bridgehead atoms. The van der Waals surface area contributed by atoms with Gasteiger partial charge in [-0.05, 0) is 31.4 Å². The van der Waals surface area contributed by atoms with Crippen molar-refractivity contribution in [3.63, 3.8) is 0 Å². The van der Waals surface area contributed by atoms with E-state index in [1.54, 1.807) is 0 Å². The Morgan fingerprint density at radius 2 is 1.97 bits per heavy atom. The van der Waals surface area contributed by atoms with E-state index >= 15 is 0 Å². The molecule has 29 heavy (non-hydrogen) atoms. The molecule has 152 valence electrons. The number of halogens is 3. The zero-order valence-electron chi connectivity index (χ0n) is 15.4. The third kappa shape index (κ3) is 3.00. The van der Waals surface area contributed by atoms with E-state index < -0.39 is 24.0 Å². The van der Waals surface area contributed by atoms with Crippen LogP contribution in [0, 0.1) is 0 Å². The Morgan fingerprint density at radius 1 is 1.17 bits per heavy atom. The first-order valence-corrected chi connectivity index (χ1v) is 9.52. The summed E-state index contributed by atoms with van der Waals surface area (Å²) < 4.78 is 45.4. The summed E-state index contributed by atoms with van der Waals surface area (Å²) in [7, 11) is 0. The van der Waals surface area contributed by atoms with Crippen LogP contribution in [0.4, 0.5) is 19.0 Å². The summed E-state index contributed by atoms with van der Waals surface area (Å²) in [6.07, 6.45) is -1.29. The number of nitrogens with zero attached hydrogens (tertiary/aromatic N) is 3. The first-order valence-electron chi connectivity index (χ1n) is 9.52. The number of nitrogens with one attached hydrogen (secondary N) is 1. The lowest BCUT2D eigenvalue weighted by Crippen LogP contribution is -2.50. The molecular weight excluding hydrogens is 385 g/mol. The average Bonchev–Trinajstić information content (AvgIpc) is 3.10. The van der Waals surface area contributed by atoms with Crippen molar-refractivity contribution in [2.75, 3.05) is 11.5 Å². The Balaban J connectivity index is 1.68. The van der Waals surface area contributed by atoms with E-state index in [1.807, 2.05) is 29.2 Å². The molecule has 0 radical (unpaired) electrons. The molecule has 2 N–H and O–H groups in total. The Kier molecular flexibility index (Phi) is 4.16. The number of fused-ring (bicyclic) bond motifs is 2. The summed E-state index contributed by atoms with van der Waals surface area (Å²) in [6, 6.07) is 8.08. The maximum atomic E-state index is 13.3. The number of anilines is 1. The van der Waals surface area contributed by atoms with Gasteiger partial charge in [0.25, 0.3) is 0 Å². The van der Waals surface area contributed by atoms with Crippen LogP contribution in [0.3, 0.4) is 0 Å². The van der Waals surface area contributed by atoms with Crippen LogP contribution in [-0.2, 0) is 6.18 Å². The second-order valence-electron chi connectivity index (χ2n) is 7.49. The normalized spacial score (nSPS) is 22.1. The molecule has 2 aliphatic rings. The number of alkyl halides is 3. The van der Waals surface area contributed by atoms with Crippen LogP contribution in [0.15, 0.2) is 36.7 Å². The minimum atomic E-state index is -4.51. The van der Waals surface area contributed by atoms with Crippen LogP contribution in [0.5, 0.6) is 5.75 Å². The molecule has 0 saturated heterocycles. The number of H-pyrrole nitrogens is 1. The number of rotatable bonds is 3. The molecule has 1 aromatic carbocycles. The monoisotopic (exact) mass is 404 g/mol. The number of benzene rings is 1. The molecular formula is C20H19F3N4O2. The number of hydrogen-bond donors (Lipinski definition) is 2. The zero-order valence-corrected chi connectivity index (χ0v) is 15.4. The first kappa shape index (κ1) is 18.2. The van der Waals surface area contributed by atoms with E-state index in [1.165, 1.54) is 6.33 Å². The lowest BCUT2D eigenvalue weighted by molar-refractivity contribution is -0.140. The van der Waals surface area contributed by atoms with Gasteiger partial charge in [-0.1, -0.05) is 18.2 Å². The lowest BCUT2D eigenvalue weighted by atomic mass is 9.86. The molecule has 1 aliphatic heterocycles. The van der Waals surface area contributed by atoms with Gasteiger partial charge in [0.2, 0.25) is 0 Å². The molecule has 1 saturated carbocycles. The Bertz CT molecular complexity index is 1050. The third-order valence-corrected chi connectivity index (χ3v) is 5.73. The second kappa shape index (κ2) is 6.62. The van der Waals surface area contributed by atoms with Crippen molar-refractivity contribution >= 4 is 16.9 Å². The number of para-hydroxylation sites is 1. The van der Waals surface area contributed by atoms with Gasteiger partial charge in [0, 0.05) is 11.6 Å². The molecule has 2 unspecified atom stereocenters. The van der Waals surface area contributed by atoms with Crippen molar-refractivity contribution in [3.05, 3.63) is 47.9 Å². The maximum Gasteiger partial charge on any atom is 0.431 e. The summed E-state index contributed by atoms with van der Waals surface area (Å²) in [4.78, 5) is 12.7. The summed E-state index contributed by atoms with van der Waals surface area (Å²) in [6.45, 7) is 0.111. The van der Waals surface area contributed by atoms with Crippen LogP contribution in [0.25, 0.3) is 11.0 Å². The van der Waals surface area contributed by atoms with Gasteiger partial charge in [0.05, 0.1) is 11.4 Å². The topological polar surface area (TPSA) is 74.3 Å². The summed E-state index contributed by atoms with van der Waals surface area (Å²) in [5, 5.41) is 11.1. The fourth-order valence-electron chi connectivity index (χ4n) is 4.15. The molecule has 1 fully saturated rings. The van der Waals surface area contributed by atoms with Crippen molar-refractivity contribution in [3.8, 4) is 5.75 Å². The largest absolute Gasteiger partial charge is 0.490 e. The minimum Gasteiger partial charge on any atom is -0.490 e. The zero-order chi connectivity index (χ0) is 20.2. The van der Waals surface area contributed by atoms with Gasteiger partial charge in [0.15, 0.2) is 0 Å². The maximum absolute atomic E-state index is 13.3. The molecule has 1 aliphatic carbocycles. The third-order valence-electron chi connectivity index (χ3n) is 5.73. The molecule has 3 aromatic rings. The predicted molar refractivity (Wildman–Crippen MR) is 99.7 cm³/mol. The second-order valence-corrected chi connectivity index (χ2v) is 7.49. The average molecular weight is 404 g/mol. The Morgan fingerprint density at radius 3 is 2.69 bits per heavy atom. The molecule has 3 heterocycles. The highest BCUT2D eigenvalue weighted by molar-refractivity contribution is 5.89. The Labute approximate surface area is 164 Å². The first-order chi connectivity index (χ1) is 13.9. The van der Waals surface area contributed by atoms with Crippen molar-refractivity contribution in [2.24, 2.45) is 0 Å². The smallest absolute Gasteiger partial charge is 0.431 e. The van der Waals surface area contributed by atoms with Crippen molar-refractivity contribution in [1.82, 2.24) is 15.0 Å². The Hall–Kier alpha value is -2.81. The van der Waals surface area contributed by atoms with Crippen molar-refractivity contribution < 1.29 is 23.0 Å². The fourth-order valence-corrected chi connectivity index (χ4v) is 4.15. The quantitative estimate of drug-likeness (QED) is 0.694. The van der Waals surface area contributed by atoms with E-state index in [0.29, 0.717) is 17.0 Å². The van der Waals surface area contributed by atoms with Crippen LogP contribution < -0.4 is 9.64 Å². The number of ether oxygens (including phenoxy) is 1. The van der Waals surface area contributed by atoms with E-state index in [9.17, 15) is 18.3 Å². The molecule has 9 heteroatoms. The predicted octanol–water partition coefficient (Wildman–Crippen LogP) is 3.83. The van der Waals surface area contributed by atoms with Gasteiger partial charge in [-0.2, -0.15) is 13.2 Å². The van der Waals surface area contributed by atoms with Crippen LogP contribution in [0.2, 0.25) is 0 Å². The van der Waals surface area contributed by atoms with Crippen molar-refractivity contribution in [1.29, 1.82) is 0 Å². The van der Waals surface area contributed by atoms with E-state index in [2.05, 4.69) is 15.0 Å². The molecule has 6 nitrogen and oxygen atoms in total. The number of aliphatic hydroxyl groups is 1. The van der Waals surface area contributed by atoms with Crippen LogP contribution in [-0.4, -0.2) is 38.8 Å². The lowest BCUT2D eigenvalue weighted by Gasteiger charge is -2.46. The van der Waals surface area contributed by atoms with E-state index in [4.69, 9.17) is 4.74 Å². The highest BCUT2D eigenvalue weighted by atomic mass is 19.4. The van der Waals surface area contributed by atoms with Gasteiger partial charge >= 0.3 is 6.18 Å². The van der Waals surface area contributed by atoms with E-state index in [-0.39, 0.29) is 18.3 Å². The minimum absolute atomic E-state index is 0.0724. The van der Waals surface area contributed by atoms with Crippen molar-refractivity contribution in [2.45, 2.75) is 43.6 Å². The molecule has 0 amide bonds. The van der Waals surface area contributed by atoms with E-state index in [0.717, 1.165) is 30.9 Å². The number of aromatic amines is 1. The fraction of sp³-hybridized carbons (Fsp3) is 0.400. The summed E-state index contributed by atoms with van der Waals surface area (Å²) in [5.41, 5.74) is 0.0636. The van der Waals surface area contributed by atoms with Crippen LogP contribution >= 0.6 is 0 Å². The van der Waals surface area contributed by atoms with Gasteiger partial charge < -0.3 is 19.7 Å². The highest BCUT2D eigenvalue weighted by Crippen LogP contribution is 2.44. The number of hydrogen-bond acceptors (Lipinski definition) is 5. The SMILES string of the molecule is OC1COc2ccccc2C1N(c1ncnc2[nH]c(C(F)(F)F)cc12)C1CCC1. The molecule has 2 atom stereocenters. The summed E-state index contributed by atoms with van der Waals surface area (Å²) >= 11 is 0. The highest BCUT2D eigenvalue weighted by Gasteiger charge is 2.41. The van der Waals surface area contributed by atoms with Gasteiger partial charge in [-0.15, -0.1) is 0 Å². The van der Waals surface area contributed by atoms with Gasteiger partial charge in [0.1, 0.15) is 41.9 Å². The van der Waals surface area contributed by atoms with Crippen LogP contribution in [0.1, 0.15) is 36.6 Å². The molecule has 0 spiro atoms.